The van der Waals surface area contributed by atoms with E-state index in [4.69, 9.17) is 0 Å². The number of rotatable bonds is 4. The highest BCUT2D eigenvalue weighted by Gasteiger charge is 2.09. The Morgan fingerprint density at radius 2 is 1.90 bits per heavy atom. The molecule has 0 aliphatic heterocycles. The summed E-state index contributed by atoms with van der Waals surface area (Å²) in [6.07, 6.45) is 1.39. The zero-order chi connectivity index (χ0) is 15.2. The first kappa shape index (κ1) is 14.6. The van der Waals surface area contributed by atoms with Crippen LogP contribution in [0.2, 0.25) is 0 Å². The zero-order valence-electron chi connectivity index (χ0n) is 11.3. The summed E-state index contributed by atoms with van der Waals surface area (Å²) in [5.74, 6) is -1.27. The van der Waals surface area contributed by atoms with Crippen LogP contribution in [-0.2, 0) is 9.53 Å². The molecule has 1 heterocycles. The zero-order valence-corrected chi connectivity index (χ0v) is 11.3. The van der Waals surface area contributed by atoms with E-state index in [9.17, 15) is 14.0 Å². The van der Waals surface area contributed by atoms with Gasteiger partial charge in [0.25, 0.3) is 5.91 Å². The predicted octanol–water partition coefficient (Wildman–Crippen LogP) is 1.79. The van der Waals surface area contributed by atoms with Gasteiger partial charge < -0.3 is 10.1 Å². The number of carbonyl (C=O) groups is 2. The highest BCUT2D eigenvalue weighted by molar-refractivity contribution is 5.95. The number of hydrogen-bond acceptors (Lipinski definition) is 4. The van der Waals surface area contributed by atoms with E-state index in [-0.39, 0.29) is 12.4 Å². The summed E-state index contributed by atoms with van der Waals surface area (Å²) in [6, 6.07) is 9.13. The van der Waals surface area contributed by atoms with Crippen molar-refractivity contribution in [2.45, 2.75) is 0 Å². The van der Waals surface area contributed by atoms with Crippen LogP contribution in [0.3, 0.4) is 0 Å². The molecule has 0 bridgehead atoms. The van der Waals surface area contributed by atoms with E-state index in [1.807, 2.05) is 0 Å². The molecule has 6 heteroatoms. The smallest absolute Gasteiger partial charge is 0.325 e. The van der Waals surface area contributed by atoms with Crippen LogP contribution in [0.4, 0.5) is 4.39 Å². The van der Waals surface area contributed by atoms with Gasteiger partial charge in [0.2, 0.25) is 0 Å². The van der Waals surface area contributed by atoms with Crippen molar-refractivity contribution in [3.63, 3.8) is 0 Å². The number of nitrogens with zero attached hydrogens (tertiary/aromatic N) is 1. The van der Waals surface area contributed by atoms with Crippen molar-refractivity contribution >= 4 is 11.9 Å². The summed E-state index contributed by atoms with van der Waals surface area (Å²) in [4.78, 5) is 26.8. The maximum atomic E-state index is 12.8. The molecule has 0 saturated carbocycles. The van der Waals surface area contributed by atoms with Crippen LogP contribution in [0.1, 0.15) is 10.4 Å². The molecule has 2 aromatic rings. The Bertz CT molecular complexity index is 639. The minimum Gasteiger partial charge on any atom is -0.468 e. The van der Waals surface area contributed by atoms with Crippen LogP contribution in [-0.4, -0.2) is 30.5 Å². The average molecular weight is 288 g/mol. The second-order valence-electron chi connectivity index (χ2n) is 4.20. The molecule has 0 fully saturated rings. The van der Waals surface area contributed by atoms with Gasteiger partial charge in [0.05, 0.1) is 18.4 Å². The van der Waals surface area contributed by atoms with Crippen LogP contribution in [0.15, 0.2) is 42.6 Å². The molecule has 21 heavy (non-hydrogen) atoms. The summed E-state index contributed by atoms with van der Waals surface area (Å²) < 4.78 is 17.3. The van der Waals surface area contributed by atoms with Gasteiger partial charge in [0, 0.05) is 11.8 Å². The first-order chi connectivity index (χ1) is 10.1. The largest absolute Gasteiger partial charge is 0.468 e. The summed E-state index contributed by atoms with van der Waals surface area (Å²) in [5, 5.41) is 2.41. The number of benzene rings is 1. The lowest BCUT2D eigenvalue weighted by Crippen LogP contribution is -2.30. The summed E-state index contributed by atoms with van der Waals surface area (Å²) >= 11 is 0. The van der Waals surface area contributed by atoms with Gasteiger partial charge in [-0.15, -0.1) is 0 Å². The van der Waals surface area contributed by atoms with Crippen molar-refractivity contribution in [3.8, 4) is 11.3 Å². The van der Waals surface area contributed by atoms with Gasteiger partial charge in [-0.1, -0.05) is 0 Å². The predicted molar refractivity (Wildman–Crippen MR) is 74.0 cm³/mol. The number of carbonyl (C=O) groups excluding carboxylic acids is 2. The summed E-state index contributed by atoms with van der Waals surface area (Å²) in [7, 11) is 1.24. The number of nitrogens with one attached hydrogen (secondary N) is 1. The molecular formula is C15H13FN2O3. The Balaban J connectivity index is 2.06. The van der Waals surface area contributed by atoms with E-state index in [1.54, 1.807) is 24.3 Å². The first-order valence-corrected chi connectivity index (χ1v) is 6.17. The molecule has 0 unspecified atom stereocenters. The molecule has 1 aromatic carbocycles. The SMILES string of the molecule is COC(=O)CNC(=O)c1ccc(-c2ccc(F)cc2)nc1. The van der Waals surface area contributed by atoms with Gasteiger partial charge in [0.1, 0.15) is 12.4 Å². The first-order valence-electron chi connectivity index (χ1n) is 6.17. The number of ether oxygens (including phenoxy) is 1. The molecule has 1 N–H and O–H groups in total. The maximum absolute atomic E-state index is 12.8. The quantitative estimate of drug-likeness (QED) is 0.871. The summed E-state index contributed by atoms with van der Waals surface area (Å²) in [6.45, 7) is -0.199. The van der Waals surface area contributed by atoms with Gasteiger partial charge in [0.15, 0.2) is 0 Å². The van der Waals surface area contributed by atoms with E-state index in [0.29, 0.717) is 11.3 Å². The van der Waals surface area contributed by atoms with Crippen molar-refractivity contribution in [2.75, 3.05) is 13.7 Å². The van der Waals surface area contributed by atoms with Crippen molar-refractivity contribution in [2.24, 2.45) is 0 Å². The van der Waals surface area contributed by atoms with Crippen molar-refractivity contribution in [3.05, 3.63) is 54.0 Å². The standard InChI is InChI=1S/C15H13FN2O3/c1-21-14(19)9-18-15(20)11-4-7-13(17-8-11)10-2-5-12(16)6-3-10/h2-8H,9H2,1H3,(H,18,20). The molecule has 1 aromatic heterocycles. The summed E-state index contributed by atoms with van der Waals surface area (Å²) in [5.41, 5.74) is 1.70. The molecule has 0 aliphatic carbocycles. The molecule has 0 radical (unpaired) electrons. The van der Waals surface area contributed by atoms with Gasteiger partial charge in [-0.2, -0.15) is 0 Å². The highest BCUT2D eigenvalue weighted by Crippen LogP contribution is 2.17. The number of amides is 1. The Labute approximate surface area is 120 Å². The van der Waals surface area contributed by atoms with E-state index in [0.717, 1.165) is 5.56 Å². The molecule has 1 amide bonds. The Hall–Kier alpha value is -2.76. The molecule has 0 saturated heterocycles. The van der Waals surface area contributed by atoms with Gasteiger partial charge in [-0.05, 0) is 36.4 Å². The Kier molecular flexibility index (Phi) is 4.61. The molecule has 0 spiro atoms. The lowest BCUT2D eigenvalue weighted by molar-refractivity contribution is -0.139. The van der Waals surface area contributed by atoms with Crippen molar-refractivity contribution in [1.82, 2.24) is 10.3 Å². The number of pyridine rings is 1. The van der Waals surface area contributed by atoms with E-state index in [2.05, 4.69) is 15.0 Å². The number of esters is 1. The molecular weight excluding hydrogens is 275 g/mol. The van der Waals surface area contributed by atoms with Crippen molar-refractivity contribution < 1.29 is 18.7 Å². The third-order valence-electron chi connectivity index (χ3n) is 2.79. The number of aromatic nitrogens is 1. The van der Waals surface area contributed by atoms with E-state index in [1.165, 1.54) is 25.4 Å². The fourth-order valence-electron chi connectivity index (χ4n) is 1.65. The Morgan fingerprint density at radius 1 is 1.19 bits per heavy atom. The van der Waals surface area contributed by atoms with Gasteiger partial charge >= 0.3 is 5.97 Å². The fraction of sp³-hybridized carbons (Fsp3) is 0.133. The Morgan fingerprint density at radius 3 is 2.48 bits per heavy atom. The fourth-order valence-corrected chi connectivity index (χ4v) is 1.65. The second-order valence-corrected chi connectivity index (χ2v) is 4.20. The third kappa shape index (κ3) is 3.85. The molecule has 5 nitrogen and oxygen atoms in total. The number of hydrogen-bond donors (Lipinski definition) is 1. The van der Waals surface area contributed by atoms with Crippen LogP contribution >= 0.6 is 0 Å². The van der Waals surface area contributed by atoms with Gasteiger partial charge in [-0.3, -0.25) is 14.6 Å². The third-order valence-corrected chi connectivity index (χ3v) is 2.79. The van der Waals surface area contributed by atoms with Crippen LogP contribution in [0.25, 0.3) is 11.3 Å². The lowest BCUT2D eigenvalue weighted by atomic mass is 10.1. The van der Waals surface area contributed by atoms with E-state index >= 15 is 0 Å². The number of methoxy groups -OCH3 is 1. The molecule has 0 atom stereocenters. The lowest BCUT2D eigenvalue weighted by Gasteiger charge is -2.05. The van der Waals surface area contributed by atoms with Crippen LogP contribution in [0.5, 0.6) is 0 Å². The van der Waals surface area contributed by atoms with Gasteiger partial charge in [-0.25, -0.2) is 4.39 Å². The highest BCUT2D eigenvalue weighted by atomic mass is 19.1. The normalized spacial score (nSPS) is 10.0. The number of halogens is 1. The topological polar surface area (TPSA) is 68.3 Å². The van der Waals surface area contributed by atoms with Crippen LogP contribution in [0, 0.1) is 5.82 Å². The molecule has 108 valence electrons. The molecule has 2 rings (SSSR count). The second kappa shape index (κ2) is 6.60. The minimum atomic E-state index is -0.528. The van der Waals surface area contributed by atoms with Crippen LogP contribution < -0.4 is 5.32 Å². The average Bonchev–Trinajstić information content (AvgIpc) is 2.53. The monoisotopic (exact) mass is 288 g/mol. The maximum Gasteiger partial charge on any atom is 0.325 e. The van der Waals surface area contributed by atoms with E-state index < -0.39 is 11.9 Å². The van der Waals surface area contributed by atoms with Crippen molar-refractivity contribution in [1.29, 1.82) is 0 Å². The minimum absolute atomic E-state index is 0.199. The molecule has 0 aliphatic rings.